The summed E-state index contributed by atoms with van der Waals surface area (Å²) in [4.78, 5) is 0. The summed E-state index contributed by atoms with van der Waals surface area (Å²) in [5, 5.41) is 0.818. The molecular weight excluding hydrogens is 204 g/mol. The highest BCUT2D eigenvalue weighted by Crippen LogP contribution is 2.21. The van der Waals surface area contributed by atoms with Crippen LogP contribution in [-0.4, -0.2) is 0 Å². The summed E-state index contributed by atoms with van der Waals surface area (Å²) < 4.78 is 0. The Hall–Kier alpha value is -1.01. The van der Waals surface area contributed by atoms with Crippen molar-refractivity contribution in [3.8, 4) is 0 Å². The normalized spacial score (nSPS) is 11.4. The van der Waals surface area contributed by atoms with Crippen LogP contribution in [0.5, 0.6) is 0 Å². The summed E-state index contributed by atoms with van der Waals surface area (Å²) >= 11 is 6.20. The molecule has 0 aliphatic rings. The van der Waals surface area contributed by atoms with Crippen molar-refractivity contribution in [2.75, 3.05) is 0 Å². The van der Waals surface area contributed by atoms with Gasteiger partial charge in [-0.25, -0.2) is 0 Å². The predicted octanol–water partition coefficient (Wildman–Crippen LogP) is 4.93. The Morgan fingerprint density at radius 2 is 1.60 bits per heavy atom. The topological polar surface area (TPSA) is 0 Å². The molecule has 1 aromatic carbocycles. The van der Waals surface area contributed by atoms with E-state index in [0.29, 0.717) is 0 Å². The van der Waals surface area contributed by atoms with E-state index in [1.54, 1.807) is 0 Å². The minimum absolute atomic E-state index is 0.818. The molecule has 0 spiro atoms. The summed E-state index contributed by atoms with van der Waals surface area (Å²) in [6.07, 6.45) is 2.00. The van der Waals surface area contributed by atoms with E-state index < -0.39 is 0 Å². The molecule has 0 bridgehead atoms. The Morgan fingerprint density at radius 3 is 2.07 bits per heavy atom. The largest absolute Gasteiger partial charge is 0.0840 e. The van der Waals surface area contributed by atoms with Crippen LogP contribution in [0, 0.1) is 6.92 Å². The van der Waals surface area contributed by atoms with Crippen LogP contribution in [0.1, 0.15) is 31.9 Å². The zero-order valence-electron chi connectivity index (χ0n) is 9.76. The first-order valence-electron chi connectivity index (χ1n) is 5.09. The lowest BCUT2D eigenvalue weighted by Gasteiger charge is -2.02. The van der Waals surface area contributed by atoms with E-state index in [-0.39, 0.29) is 0 Å². The molecule has 0 saturated heterocycles. The molecule has 80 valence electrons. The highest BCUT2D eigenvalue weighted by Gasteiger charge is 1.98. The Morgan fingerprint density at radius 1 is 1.07 bits per heavy atom. The van der Waals surface area contributed by atoms with Gasteiger partial charge in [0.1, 0.15) is 0 Å². The monoisotopic (exact) mass is 220 g/mol. The van der Waals surface area contributed by atoms with Gasteiger partial charge in [0.05, 0.1) is 0 Å². The average molecular weight is 221 g/mol. The standard InChI is InChI=1S/C14H17Cl/c1-10(2)12(4)14(15)9-13-7-5-11(3)6-8-13/h5-9H,1-4H3/b14-9+. The molecule has 0 amide bonds. The van der Waals surface area contributed by atoms with Gasteiger partial charge in [-0.05, 0) is 44.9 Å². The van der Waals surface area contributed by atoms with E-state index in [1.807, 2.05) is 13.0 Å². The molecule has 0 N–H and O–H groups in total. The summed E-state index contributed by atoms with van der Waals surface area (Å²) in [6, 6.07) is 8.34. The fourth-order valence-electron chi connectivity index (χ4n) is 1.16. The van der Waals surface area contributed by atoms with Crippen molar-refractivity contribution in [1.82, 2.24) is 0 Å². The SMILES string of the molecule is CC(C)=C(C)/C(Cl)=C\c1ccc(C)cc1. The summed E-state index contributed by atoms with van der Waals surface area (Å²) in [6.45, 7) is 8.26. The van der Waals surface area contributed by atoms with Gasteiger partial charge in [0.25, 0.3) is 0 Å². The molecule has 0 heterocycles. The van der Waals surface area contributed by atoms with Crippen LogP contribution >= 0.6 is 11.6 Å². The summed E-state index contributed by atoms with van der Waals surface area (Å²) in [5.74, 6) is 0. The van der Waals surface area contributed by atoms with E-state index in [4.69, 9.17) is 11.6 Å². The highest BCUT2D eigenvalue weighted by molar-refractivity contribution is 6.34. The second-order valence-electron chi connectivity index (χ2n) is 4.03. The van der Waals surface area contributed by atoms with E-state index >= 15 is 0 Å². The Balaban J connectivity index is 2.98. The number of allylic oxidation sites excluding steroid dienone is 3. The molecule has 0 nitrogen and oxygen atoms in total. The molecule has 1 aromatic rings. The van der Waals surface area contributed by atoms with Gasteiger partial charge in [-0.15, -0.1) is 0 Å². The predicted molar refractivity (Wildman–Crippen MR) is 69.1 cm³/mol. The van der Waals surface area contributed by atoms with Crippen LogP contribution in [0.2, 0.25) is 0 Å². The van der Waals surface area contributed by atoms with Crippen LogP contribution in [0.15, 0.2) is 40.4 Å². The number of rotatable bonds is 2. The van der Waals surface area contributed by atoms with Crippen molar-refractivity contribution in [2.24, 2.45) is 0 Å². The molecule has 0 aromatic heterocycles. The molecule has 0 aliphatic carbocycles. The lowest BCUT2D eigenvalue weighted by atomic mass is 10.1. The molecule has 0 saturated carbocycles. The van der Waals surface area contributed by atoms with E-state index in [2.05, 4.69) is 45.0 Å². The van der Waals surface area contributed by atoms with Crippen LogP contribution < -0.4 is 0 Å². The first-order chi connectivity index (χ1) is 7.00. The molecule has 1 heteroatoms. The van der Waals surface area contributed by atoms with Crippen LogP contribution in [-0.2, 0) is 0 Å². The van der Waals surface area contributed by atoms with Crippen molar-refractivity contribution >= 4 is 17.7 Å². The first kappa shape index (κ1) is 12.1. The van der Waals surface area contributed by atoms with Crippen LogP contribution in [0.3, 0.4) is 0 Å². The van der Waals surface area contributed by atoms with Gasteiger partial charge in [-0.3, -0.25) is 0 Å². The number of halogens is 1. The molecule has 0 aliphatic heterocycles. The van der Waals surface area contributed by atoms with Gasteiger partial charge in [0.2, 0.25) is 0 Å². The molecular formula is C14H17Cl. The van der Waals surface area contributed by atoms with E-state index in [0.717, 1.165) is 16.2 Å². The van der Waals surface area contributed by atoms with Crippen molar-refractivity contribution in [3.63, 3.8) is 0 Å². The minimum Gasteiger partial charge on any atom is -0.0840 e. The quantitative estimate of drug-likeness (QED) is 0.620. The molecule has 0 atom stereocenters. The fraction of sp³-hybridized carbons (Fsp3) is 0.286. The van der Waals surface area contributed by atoms with Gasteiger partial charge < -0.3 is 0 Å². The van der Waals surface area contributed by atoms with Gasteiger partial charge in [-0.2, -0.15) is 0 Å². The lowest BCUT2D eigenvalue weighted by Crippen LogP contribution is -1.81. The fourth-order valence-corrected chi connectivity index (χ4v) is 1.47. The van der Waals surface area contributed by atoms with E-state index in [1.165, 1.54) is 11.1 Å². The summed E-state index contributed by atoms with van der Waals surface area (Å²) in [5.41, 5.74) is 4.81. The molecule has 15 heavy (non-hydrogen) atoms. The Labute approximate surface area is 97.3 Å². The number of aryl methyl sites for hydroxylation is 1. The van der Waals surface area contributed by atoms with Crippen LogP contribution in [0.25, 0.3) is 6.08 Å². The molecule has 0 radical (unpaired) electrons. The van der Waals surface area contributed by atoms with Gasteiger partial charge in [-0.1, -0.05) is 47.0 Å². The van der Waals surface area contributed by atoms with Gasteiger partial charge >= 0.3 is 0 Å². The first-order valence-corrected chi connectivity index (χ1v) is 5.47. The zero-order valence-corrected chi connectivity index (χ0v) is 10.5. The van der Waals surface area contributed by atoms with Crippen molar-refractivity contribution in [1.29, 1.82) is 0 Å². The second kappa shape index (κ2) is 5.18. The Bertz CT molecular complexity index is 390. The average Bonchev–Trinajstić information content (AvgIpc) is 2.20. The zero-order chi connectivity index (χ0) is 11.4. The van der Waals surface area contributed by atoms with Crippen molar-refractivity contribution < 1.29 is 0 Å². The van der Waals surface area contributed by atoms with Gasteiger partial charge in [0.15, 0.2) is 0 Å². The lowest BCUT2D eigenvalue weighted by molar-refractivity contribution is 1.28. The smallest absolute Gasteiger partial charge is 0.0440 e. The third-order valence-corrected chi connectivity index (χ3v) is 2.87. The molecule has 0 fully saturated rings. The minimum atomic E-state index is 0.818. The molecule has 0 unspecified atom stereocenters. The molecule has 1 rings (SSSR count). The third kappa shape index (κ3) is 3.56. The summed E-state index contributed by atoms with van der Waals surface area (Å²) in [7, 11) is 0. The third-order valence-electron chi connectivity index (χ3n) is 2.48. The maximum absolute atomic E-state index is 6.20. The number of benzene rings is 1. The van der Waals surface area contributed by atoms with Crippen LogP contribution in [0.4, 0.5) is 0 Å². The number of hydrogen-bond acceptors (Lipinski definition) is 0. The van der Waals surface area contributed by atoms with Gasteiger partial charge in [0, 0.05) is 5.03 Å². The second-order valence-corrected chi connectivity index (χ2v) is 4.44. The Kier molecular flexibility index (Phi) is 4.16. The highest BCUT2D eigenvalue weighted by atomic mass is 35.5. The van der Waals surface area contributed by atoms with Crippen molar-refractivity contribution in [3.05, 3.63) is 51.6 Å². The maximum Gasteiger partial charge on any atom is 0.0440 e. The maximum atomic E-state index is 6.20. The van der Waals surface area contributed by atoms with Crippen molar-refractivity contribution in [2.45, 2.75) is 27.7 Å². The van der Waals surface area contributed by atoms with E-state index in [9.17, 15) is 0 Å². The number of hydrogen-bond donors (Lipinski definition) is 0.